The first-order valence-corrected chi connectivity index (χ1v) is 16.3. The largest absolute Gasteiger partial charge is 0.455 e. The molecule has 0 atom stereocenters. The second-order valence-corrected chi connectivity index (χ2v) is 12.2. The molecule has 10 aromatic rings. The van der Waals surface area contributed by atoms with E-state index in [9.17, 15) is 0 Å². The molecule has 0 aliphatic heterocycles. The van der Waals surface area contributed by atoms with Crippen LogP contribution in [0.25, 0.3) is 99.7 Å². The summed E-state index contributed by atoms with van der Waals surface area (Å²) in [6, 6.07) is 51.9. The molecule has 0 amide bonds. The van der Waals surface area contributed by atoms with E-state index in [2.05, 4.69) is 84.9 Å². The highest BCUT2D eigenvalue weighted by Crippen LogP contribution is 2.42. The van der Waals surface area contributed by atoms with Gasteiger partial charge in [0.15, 0.2) is 17.5 Å². The second-order valence-electron chi connectivity index (χ2n) is 12.2. The highest BCUT2D eigenvalue weighted by molar-refractivity contribution is 6.21. The van der Waals surface area contributed by atoms with Crippen molar-refractivity contribution in [3.63, 3.8) is 0 Å². The molecule has 0 aliphatic rings. The van der Waals surface area contributed by atoms with Crippen LogP contribution in [-0.4, -0.2) is 19.9 Å². The summed E-state index contributed by atoms with van der Waals surface area (Å²) in [5.74, 6) is 1.73. The first kappa shape index (κ1) is 27.4. The van der Waals surface area contributed by atoms with Gasteiger partial charge < -0.3 is 4.42 Å². The van der Waals surface area contributed by atoms with E-state index in [1.807, 2.05) is 72.9 Å². The molecule has 0 bridgehead atoms. The summed E-state index contributed by atoms with van der Waals surface area (Å²) in [5.41, 5.74) is 7.21. The van der Waals surface area contributed by atoms with Gasteiger partial charge in [0, 0.05) is 55.4 Å². The predicted octanol–water partition coefficient (Wildman–Crippen LogP) is 11.3. The fourth-order valence-corrected chi connectivity index (χ4v) is 7.09. The maximum Gasteiger partial charge on any atom is 0.166 e. The minimum Gasteiger partial charge on any atom is -0.455 e. The molecular weight excluding hydrogens is 601 g/mol. The number of hydrogen-bond donors (Lipinski definition) is 0. The smallest absolute Gasteiger partial charge is 0.166 e. The van der Waals surface area contributed by atoms with Crippen LogP contribution >= 0.6 is 0 Å². The molecule has 0 spiro atoms. The van der Waals surface area contributed by atoms with Crippen molar-refractivity contribution in [2.45, 2.75) is 0 Å². The minimum atomic E-state index is 0.564. The highest BCUT2D eigenvalue weighted by Gasteiger charge is 2.21. The Morgan fingerprint density at radius 2 is 1.02 bits per heavy atom. The zero-order valence-electron chi connectivity index (χ0n) is 26.2. The van der Waals surface area contributed by atoms with Gasteiger partial charge in [0.1, 0.15) is 11.2 Å². The number of nitrogens with zero attached hydrogens (tertiary/aromatic N) is 4. The molecule has 5 nitrogen and oxygen atoms in total. The van der Waals surface area contributed by atoms with Gasteiger partial charge in [-0.1, -0.05) is 127 Å². The molecule has 10 rings (SSSR count). The van der Waals surface area contributed by atoms with E-state index in [1.54, 1.807) is 0 Å². The van der Waals surface area contributed by atoms with Crippen LogP contribution in [0.15, 0.2) is 162 Å². The van der Waals surface area contributed by atoms with Gasteiger partial charge in [0.05, 0.1) is 5.52 Å². The molecule has 7 aromatic carbocycles. The molecule has 0 unspecified atom stereocenters. The Morgan fingerprint density at radius 3 is 1.86 bits per heavy atom. The summed E-state index contributed by atoms with van der Waals surface area (Å²) < 4.78 is 6.58. The molecule has 49 heavy (non-hydrogen) atoms. The number of pyridine rings is 1. The molecule has 3 heterocycles. The van der Waals surface area contributed by atoms with Gasteiger partial charge in [-0.25, -0.2) is 15.0 Å². The third-order valence-corrected chi connectivity index (χ3v) is 9.36. The van der Waals surface area contributed by atoms with Crippen LogP contribution in [0.3, 0.4) is 0 Å². The van der Waals surface area contributed by atoms with Crippen molar-refractivity contribution in [2.24, 2.45) is 0 Å². The molecule has 228 valence electrons. The number of benzene rings is 7. The summed E-state index contributed by atoms with van der Waals surface area (Å²) in [7, 11) is 0. The molecule has 0 aliphatic carbocycles. The van der Waals surface area contributed by atoms with Crippen molar-refractivity contribution in [1.29, 1.82) is 0 Å². The number of furan rings is 1. The molecular formula is C44H26N4O. The molecule has 0 saturated carbocycles. The van der Waals surface area contributed by atoms with Crippen LogP contribution in [-0.2, 0) is 0 Å². The molecule has 0 fully saturated rings. The van der Waals surface area contributed by atoms with Gasteiger partial charge in [-0.05, 0) is 40.6 Å². The van der Waals surface area contributed by atoms with Crippen LogP contribution in [0.2, 0.25) is 0 Å². The molecule has 3 aromatic heterocycles. The van der Waals surface area contributed by atoms with Crippen LogP contribution in [0, 0.1) is 0 Å². The van der Waals surface area contributed by atoms with Gasteiger partial charge in [-0.2, -0.15) is 0 Å². The lowest BCUT2D eigenvalue weighted by Gasteiger charge is -2.13. The van der Waals surface area contributed by atoms with E-state index in [0.29, 0.717) is 17.5 Å². The van der Waals surface area contributed by atoms with Crippen molar-refractivity contribution >= 4 is 54.4 Å². The topological polar surface area (TPSA) is 64.7 Å². The first-order valence-electron chi connectivity index (χ1n) is 16.3. The standard InChI is InChI=1S/C44H26N4O/c1-3-12-27(13-4-1)32-24-25-35(39-33-18-9-10-21-37(33)49-41(32)39)43-46-42(29-15-5-2-6-16-29)47-44(48-43)36-20-11-19-34-38-30(26-45-40(34)36)23-22-28-14-7-8-17-31(28)38/h1-26H. The maximum absolute atomic E-state index is 6.58. The third kappa shape index (κ3) is 4.40. The molecule has 0 radical (unpaired) electrons. The summed E-state index contributed by atoms with van der Waals surface area (Å²) >= 11 is 0. The number of para-hydroxylation sites is 2. The van der Waals surface area contributed by atoms with Gasteiger partial charge in [0.2, 0.25) is 0 Å². The lowest BCUT2D eigenvalue weighted by molar-refractivity contribution is 0.670. The monoisotopic (exact) mass is 626 g/mol. The van der Waals surface area contributed by atoms with Crippen molar-refractivity contribution in [2.75, 3.05) is 0 Å². The molecule has 0 saturated heterocycles. The number of fused-ring (bicyclic) bond motifs is 8. The van der Waals surface area contributed by atoms with E-state index in [1.165, 1.54) is 16.2 Å². The highest BCUT2D eigenvalue weighted by atomic mass is 16.3. The van der Waals surface area contributed by atoms with Gasteiger partial charge >= 0.3 is 0 Å². The fourth-order valence-electron chi connectivity index (χ4n) is 7.09. The Kier molecular flexibility index (Phi) is 6.11. The van der Waals surface area contributed by atoms with Crippen LogP contribution in [0.1, 0.15) is 0 Å². The molecule has 5 heteroatoms. The van der Waals surface area contributed by atoms with Crippen molar-refractivity contribution in [3.8, 4) is 45.3 Å². The maximum atomic E-state index is 6.58. The Labute approximate surface area is 281 Å². The normalized spacial score (nSPS) is 11.7. The van der Waals surface area contributed by atoms with Gasteiger partial charge in [-0.15, -0.1) is 0 Å². The summed E-state index contributed by atoms with van der Waals surface area (Å²) in [6.45, 7) is 0. The lowest BCUT2D eigenvalue weighted by Crippen LogP contribution is -2.01. The van der Waals surface area contributed by atoms with Crippen molar-refractivity contribution in [1.82, 2.24) is 19.9 Å². The Balaban J connectivity index is 1.27. The van der Waals surface area contributed by atoms with Crippen LogP contribution < -0.4 is 0 Å². The zero-order valence-corrected chi connectivity index (χ0v) is 26.2. The van der Waals surface area contributed by atoms with Gasteiger partial charge in [-0.3, -0.25) is 4.98 Å². The average Bonchev–Trinajstić information content (AvgIpc) is 3.57. The summed E-state index contributed by atoms with van der Waals surface area (Å²) in [6.07, 6.45) is 1.96. The van der Waals surface area contributed by atoms with E-state index < -0.39 is 0 Å². The Hall–Kier alpha value is -6.72. The van der Waals surface area contributed by atoms with Crippen LogP contribution in [0.5, 0.6) is 0 Å². The minimum absolute atomic E-state index is 0.564. The SMILES string of the molecule is c1ccc(-c2nc(-c3cccc4c3ncc3ccc5ccccc5c34)nc(-c3ccc(-c4ccccc4)c4oc5ccccc5c34)n2)cc1. The zero-order chi connectivity index (χ0) is 32.3. The second kappa shape index (κ2) is 10.9. The Bertz CT molecular complexity index is 2880. The van der Waals surface area contributed by atoms with Crippen molar-refractivity contribution in [3.05, 3.63) is 158 Å². The lowest BCUT2D eigenvalue weighted by atomic mass is 9.97. The van der Waals surface area contributed by atoms with Gasteiger partial charge in [0.25, 0.3) is 0 Å². The first-order chi connectivity index (χ1) is 24.3. The Morgan fingerprint density at radius 1 is 0.388 bits per heavy atom. The number of aromatic nitrogens is 4. The number of rotatable bonds is 4. The van der Waals surface area contributed by atoms with Crippen LogP contribution in [0.4, 0.5) is 0 Å². The summed E-state index contributed by atoms with van der Waals surface area (Å²) in [4.78, 5) is 20.5. The van der Waals surface area contributed by atoms with E-state index in [4.69, 9.17) is 24.4 Å². The third-order valence-electron chi connectivity index (χ3n) is 9.36. The molecule has 0 N–H and O–H groups in total. The summed E-state index contributed by atoms with van der Waals surface area (Å²) in [5, 5.41) is 7.70. The van der Waals surface area contributed by atoms with Crippen molar-refractivity contribution < 1.29 is 4.42 Å². The predicted molar refractivity (Wildman–Crippen MR) is 199 cm³/mol. The van der Waals surface area contributed by atoms with E-state index >= 15 is 0 Å². The van der Waals surface area contributed by atoms with E-state index in [-0.39, 0.29) is 0 Å². The van der Waals surface area contributed by atoms with E-state index in [0.717, 1.165) is 66.0 Å². The quantitative estimate of drug-likeness (QED) is 0.182. The number of hydrogen-bond acceptors (Lipinski definition) is 5. The average molecular weight is 627 g/mol. The fraction of sp³-hybridized carbons (Fsp3) is 0.